The standard InChI is InChI=1S/C12H13ClFNO4/c1-19-5-4-15(7-11(16)17)12(18)9-3-2-8(13)6-10(9)14/h2-3,6H,4-5,7H2,1H3,(H,16,17). The Bertz CT molecular complexity index is 481. The molecule has 0 aliphatic carbocycles. The molecule has 0 aromatic heterocycles. The smallest absolute Gasteiger partial charge is 0.323 e. The molecule has 0 saturated heterocycles. The Hall–Kier alpha value is -1.66. The van der Waals surface area contributed by atoms with E-state index in [2.05, 4.69) is 0 Å². The maximum Gasteiger partial charge on any atom is 0.323 e. The van der Waals surface area contributed by atoms with Gasteiger partial charge in [0.25, 0.3) is 5.91 Å². The monoisotopic (exact) mass is 289 g/mol. The lowest BCUT2D eigenvalue weighted by atomic mass is 10.2. The van der Waals surface area contributed by atoms with Crippen LogP contribution in [0.15, 0.2) is 18.2 Å². The minimum Gasteiger partial charge on any atom is -0.480 e. The molecule has 1 aromatic carbocycles. The summed E-state index contributed by atoms with van der Waals surface area (Å²) in [7, 11) is 1.42. The van der Waals surface area contributed by atoms with Gasteiger partial charge in [-0.1, -0.05) is 11.6 Å². The molecule has 104 valence electrons. The average molecular weight is 290 g/mol. The number of amides is 1. The van der Waals surface area contributed by atoms with E-state index in [0.29, 0.717) is 0 Å². The normalized spacial score (nSPS) is 10.3. The van der Waals surface area contributed by atoms with Crippen molar-refractivity contribution in [3.8, 4) is 0 Å². The summed E-state index contributed by atoms with van der Waals surface area (Å²) in [5, 5.41) is 8.91. The number of benzene rings is 1. The summed E-state index contributed by atoms with van der Waals surface area (Å²) in [6, 6.07) is 3.60. The Morgan fingerprint density at radius 1 is 1.47 bits per heavy atom. The van der Waals surface area contributed by atoms with Crippen LogP contribution in [0, 0.1) is 5.82 Å². The lowest BCUT2D eigenvalue weighted by molar-refractivity contribution is -0.137. The summed E-state index contributed by atoms with van der Waals surface area (Å²) in [6.07, 6.45) is 0. The van der Waals surface area contributed by atoms with Crippen LogP contribution in [0.3, 0.4) is 0 Å². The van der Waals surface area contributed by atoms with E-state index >= 15 is 0 Å². The fourth-order valence-electron chi connectivity index (χ4n) is 1.45. The summed E-state index contributed by atoms with van der Waals surface area (Å²) in [5.41, 5.74) is -0.221. The molecule has 5 nitrogen and oxygen atoms in total. The van der Waals surface area contributed by atoms with E-state index in [1.807, 2.05) is 0 Å². The maximum absolute atomic E-state index is 13.6. The van der Waals surface area contributed by atoms with Crippen molar-refractivity contribution in [3.05, 3.63) is 34.6 Å². The van der Waals surface area contributed by atoms with Gasteiger partial charge in [0.1, 0.15) is 12.4 Å². The van der Waals surface area contributed by atoms with Gasteiger partial charge in [-0.2, -0.15) is 0 Å². The van der Waals surface area contributed by atoms with Gasteiger partial charge in [0.15, 0.2) is 0 Å². The second-order valence-electron chi connectivity index (χ2n) is 3.74. The number of carbonyl (C=O) groups excluding carboxylic acids is 1. The highest BCUT2D eigenvalue weighted by atomic mass is 35.5. The van der Waals surface area contributed by atoms with Crippen LogP contribution in [0.1, 0.15) is 10.4 Å². The van der Waals surface area contributed by atoms with Gasteiger partial charge in [-0.05, 0) is 18.2 Å². The van der Waals surface area contributed by atoms with Crippen molar-refractivity contribution >= 4 is 23.5 Å². The second kappa shape index (κ2) is 7.06. The molecule has 1 amide bonds. The van der Waals surface area contributed by atoms with Gasteiger partial charge in [0.2, 0.25) is 0 Å². The molecule has 1 aromatic rings. The first kappa shape index (κ1) is 15.4. The molecule has 0 atom stereocenters. The number of hydrogen-bond acceptors (Lipinski definition) is 3. The predicted octanol–water partition coefficient (Wildman–Crippen LogP) is 1.65. The Balaban J connectivity index is 2.93. The molecule has 0 aliphatic rings. The molecule has 0 heterocycles. The molecule has 19 heavy (non-hydrogen) atoms. The fraction of sp³-hybridized carbons (Fsp3) is 0.333. The highest BCUT2D eigenvalue weighted by Crippen LogP contribution is 2.16. The largest absolute Gasteiger partial charge is 0.480 e. The third kappa shape index (κ3) is 4.50. The van der Waals surface area contributed by atoms with Crippen LogP contribution in [0.4, 0.5) is 4.39 Å². The zero-order chi connectivity index (χ0) is 14.4. The van der Waals surface area contributed by atoms with E-state index in [1.165, 1.54) is 19.2 Å². The number of aliphatic carboxylic acids is 1. The van der Waals surface area contributed by atoms with E-state index < -0.39 is 24.2 Å². The minimum absolute atomic E-state index is 0.0592. The first-order valence-corrected chi connectivity index (χ1v) is 5.78. The highest BCUT2D eigenvalue weighted by molar-refractivity contribution is 6.30. The number of hydrogen-bond donors (Lipinski definition) is 1. The minimum atomic E-state index is -1.18. The third-order valence-electron chi connectivity index (χ3n) is 2.34. The van der Waals surface area contributed by atoms with Gasteiger partial charge in [0, 0.05) is 18.7 Å². The first-order chi connectivity index (χ1) is 8.95. The molecule has 0 unspecified atom stereocenters. The van der Waals surface area contributed by atoms with E-state index in [-0.39, 0.29) is 23.7 Å². The van der Waals surface area contributed by atoms with Crippen molar-refractivity contribution < 1.29 is 23.8 Å². The number of nitrogens with zero attached hydrogens (tertiary/aromatic N) is 1. The van der Waals surface area contributed by atoms with Gasteiger partial charge in [-0.15, -0.1) is 0 Å². The van der Waals surface area contributed by atoms with Crippen molar-refractivity contribution in [1.29, 1.82) is 0 Å². The number of methoxy groups -OCH3 is 1. The summed E-state index contributed by atoms with van der Waals surface area (Å²) >= 11 is 5.59. The molecule has 1 rings (SSSR count). The Morgan fingerprint density at radius 3 is 2.68 bits per heavy atom. The van der Waals surface area contributed by atoms with E-state index in [0.717, 1.165) is 11.0 Å². The van der Waals surface area contributed by atoms with Crippen molar-refractivity contribution in [3.63, 3.8) is 0 Å². The van der Waals surface area contributed by atoms with Crippen LogP contribution >= 0.6 is 11.6 Å². The van der Waals surface area contributed by atoms with E-state index in [9.17, 15) is 14.0 Å². The summed E-state index contributed by atoms with van der Waals surface area (Å²) < 4.78 is 18.4. The quantitative estimate of drug-likeness (QED) is 0.865. The topological polar surface area (TPSA) is 66.8 Å². The number of carbonyl (C=O) groups is 2. The predicted molar refractivity (Wildman–Crippen MR) is 66.8 cm³/mol. The lowest BCUT2D eigenvalue weighted by Gasteiger charge is -2.20. The van der Waals surface area contributed by atoms with Crippen LogP contribution in [0.25, 0.3) is 0 Å². The number of halogens is 2. The van der Waals surface area contributed by atoms with Crippen LogP contribution < -0.4 is 0 Å². The van der Waals surface area contributed by atoms with Gasteiger partial charge in [-0.25, -0.2) is 4.39 Å². The first-order valence-electron chi connectivity index (χ1n) is 5.40. The molecule has 1 N–H and O–H groups in total. The number of rotatable bonds is 6. The average Bonchev–Trinajstić information content (AvgIpc) is 2.33. The maximum atomic E-state index is 13.6. The molecular formula is C12H13ClFNO4. The van der Waals surface area contributed by atoms with Gasteiger partial charge >= 0.3 is 5.97 Å². The zero-order valence-electron chi connectivity index (χ0n) is 10.2. The van der Waals surface area contributed by atoms with Crippen LogP contribution in [0.5, 0.6) is 0 Å². The molecular weight excluding hydrogens is 277 g/mol. The third-order valence-corrected chi connectivity index (χ3v) is 2.58. The van der Waals surface area contributed by atoms with E-state index in [1.54, 1.807) is 0 Å². The summed E-state index contributed by atoms with van der Waals surface area (Å²) in [4.78, 5) is 23.7. The molecule has 0 spiro atoms. The van der Waals surface area contributed by atoms with Crippen LogP contribution in [-0.2, 0) is 9.53 Å². The molecule has 0 saturated carbocycles. The Labute approximate surface area is 114 Å². The Morgan fingerprint density at radius 2 is 2.16 bits per heavy atom. The van der Waals surface area contributed by atoms with Crippen LogP contribution in [0.2, 0.25) is 5.02 Å². The second-order valence-corrected chi connectivity index (χ2v) is 4.17. The molecule has 0 bridgehead atoms. The molecule has 7 heteroatoms. The van der Waals surface area contributed by atoms with Crippen molar-refractivity contribution in [1.82, 2.24) is 4.90 Å². The summed E-state index contributed by atoms with van der Waals surface area (Å²) in [5.74, 6) is -2.68. The van der Waals surface area contributed by atoms with Crippen molar-refractivity contribution in [2.45, 2.75) is 0 Å². The zero-order valence-corrected chi connectivity index (χ0v) is 11.0. The fourth-order valence-corrected chi connectivity index (χ4v) is 1.61. The van der Waals surface area contributed by atoms with Gasteiger partial charge in [-0.3, -0.25) is 9.59 Å². The summed E-state index contributed by atoms with van der Waals surface area (Å²) in [6.45, 7) is -0.303. The number of ether oxygens (including phenoxy) is 1. The SMILES string of the molecule is COCCN(CC(=O)O)C(=O)c1ccc(Cl)cc1F. The number of carboxylic acids is 1. The van der Waals surface area contributed by atoms with Crippen LogP contribution in [-0.4, -0.2) is 48.7 Å². The van der Waals surface area contributed by atoms with Gasteiger partial charge < -0.3 is 14.7 Å². The molecule has 0 radical (unpaired) electrons. The molecule has 0 aliphatic heterocycles. The van der Waals surface area contributed by atoms with Crippen molar-refractivity contribution in [2.24, 2.45) is 0 Å². The lowest BCUT2D eigenvalue weighted by Crippen LogP contribution is -2.38. The Kier molecular flexibility index (Phi) is 5.72. The van der Waals surface area contributed by atoms with Crippen molar-refractivity contribution in [2.75, 3.05) is 26.8 Å². The highest BCUT2D eigenvalue weighted by Gasteiger charge is 2.21. The number of carboxylic acid groups (broad SMARTS) is 1. The van der Waals surface area contributed by atoms with E-state index in [4.69, 9.17) is 21.4 Å². The van der Waals surface area contributed by atoms with Gasteiger partial charge in [0.05, 0.1) is 12.2 Å². The molecule has 0 fully saturated rings.